The van der Waals surface area contributed by atoms with Gasteiger partial charge < -0.3 is 15.4 Å². The maximum atomic E-state index is 12.4. The van der Waals surface area contributed by atoms with E-state index >= 15 is 0 Å². The molecule has 3 rings (SSSR count). The van der Waals surface area contributed by atoms with Crippen molar-refractivity contribution in [3.05, 3.63) is 92.4 Å². The molecular weight excluding hydrogens is 529 g/mol. The lowest BCUT2D eigenvalue weighted by atomic mass is 10.1. The molecule has 166 valence electrons. The number of benzene rings is 3. The summed E-state index contributed by atoms with van der Waals surface area (Å²) in [6.45, 7) is -0.214. The van der Waals surface area contributed by atoms with Crippen LogP contribution < -0.4 is 15.4 Å². The van der Waals surface area contributed by atoms with Crippen LogP contribution in [0.4, 0.5) is 11.4 Å². The molecule has 0 bridgehead atoms. The van der Waals surface area contributed by atoms with Gasteiger partial charge in [-0.3, -0.25) is 9.59 Å². The van der Waals surface area contributed by atoms with Gasteiger partial charge in [-0.25, -0.2) is 0 Å². The first-order valence-electron chi connectivity index (χ1n) is 9.50. The molecular formula is C24H16BrCl2N3O3. The molecule has 0 fully saturated rings. The smallest absolute Gasteiger partial charge is 0.266 e. The van der Waals surface area contributed by atoms with Crippen LogP contribution in [0.2, 0.25) is 10.0 Å². The van der Waals surface area contributed by atoms with E-state index in [1.54, 1.807) is 66.7 Å². The Morgan fingerprint density at radius 3 is 2.24 bits per heavy atom. The number of hydrogen-bond acceptors (Lipinski definition) is 4. The normalized spacial score (nSPS) is 10.8. The van der Waals surface area contributed by atoms with E-state index in [0.717, 1.165) is 4.47 Å². The second-order valence-electron chi connectivity index (χ2n) is 6.67. The van der Waals surface area contributed by atoms with Crippen molar-refractivity contribution in [2.75, 3.05) is 17.2 Å². The Labute approximate surface area is 208 Å². The van der Waals surface area contributed by atoms with Crippen molar-refractivity contribution in [2.45, 2.75) is 0 Å². The van der Waals surface area contributed by atoms with Crippen molar-refractivity contribution in [2.24, 2.45) is 0 Å². The molecule has 0 aromatic heterocycles. The highest BCUT2D eigenvalue weighted by Crippen LogP contribution is 2.25. The van der Waals surface area contributed by atoms with E-state index in [1.807, 2.05) is 6.07 Å². The summed E-state index contributed by atoms with van der Waals surface area (Å²) >= 11 is 15.1. The monoisotopic (exact) mass is 543 g/mol. The lowest BCUT2D eigenvalue weighted by Crippen LogP contribution is -2.20. The van der Waals surface area contributed by atoms with Crippen LogP contribution in [0.25, 0.3) is 6.08 Å². The predicted molar refractivity (Wildman–Crippen MR) is 133 cm³/mol. The number of ether oxygens (including phenoxy) is 1. The number of nitrogens with one attached hydrogen (secondary N) is 2. The van der Waals surface area contributed by atoms with Crippen LogP contribution in [0.5, 0.6) is 5.75 Å². The fourth-order valence-corrected chi connectivity index (χ4v) is 3.19. The Morgan fingerprint density at radius 1 is 0.939 bits per heavy atom. The third-order valence-electron chi connectivity index (χ3n) is 4.23. The number of amides is 2. The van der Waals surface area contributed by atoms with Crippen molar-refractivity contribution in [1.29, 1.82) is 5.26 Å². The SMILES string of the molecule is N#C/C(=C/c1ccc(OCC(=O)Nc2ccc(Cl)c(Cl)c2)cc1)C(=O)Nc1ccc(Br)cc1. The van der Waals surface area contributed by atoms with Crippen molar-refractivity contribution < 1.29 is 14.3 Å². The first-order chi connectivity index (χ1) is 15.8. The Balaban J connectivity index is 1.56. The molecule has 0 aliphatic heterocycles. The molecule has 3 aromatic carbocycles. The summed E-state index contributed by atoms with van der Waals surface area (Å²) in [5.41, 5.74) is 1.66. The van der Waals surface area contributed by atoms with Crippen LogP contribution in [-0.2, 0) is 9.59 Å². The van der Waals surface area contributed by atoms with Gasteiger partial charge in [0.25, 0.3) is 11.8 Å². The van der Waals surface area contributed by atoms with Gasteiger partial charge in [0.05, 0.1) is 10.0 Å². The molecule has 0 spiro atoms. The van der Waals surface area contributed by atoms with Gasteiger partial charge in [0, 0.05) is 15.8 Å². The molecule has 0 saturated carbocycles. The maximum Gasteiger partial charge on any atom is 0.266 e. The zero-order valence-corrected chi connectivity index (χ0v) is 20.0. The van der Waals surface area contributed by atoms with Gasteiger partial charge in [0.15, 0.2) is 6.61 Å². The van der Waals surface area contributed by atoms with E-state index in [0.29, 0.717) is 32.7 Å². The summed E-state index contributed by atoms with van der Waals surface area (Å²) in [5, 5.41) is 15.4. The highest BCUT2D eigenvalue weighted by atomic mass is 79.9. The number of carbonyl (C=O) groups is 2. The molecule has 0 aliphatic rings. The largest absolute Gasteiger partial charge is 0.484 e. The summed E-state index contributed by atoms with van der Waals surface area (Å²) in [6, 6.07) is 20.3. The molecule has 33 heavy (non-hydrogen) atoms. The molecule has 3 aromatic rings. The maximum absolute atomic E-state index is 12.4. The van der Waals surface area contributed by atoms with Gasteiger partial charge >= 0.3 is 0 Å². The molecule has 2 amide bonds. The molecule has 0 saturated heterocycles. The number of hydrogen-bond donors (Lipinski definition) is 2. The average Bonchev–Trinajstić information content (AvgIpc) is 2.80. The minimum absolute atomic E-state index is 0.0485. The quantitative estimate of drug-likeness (QED) is 0.269. The fourth-order valence-electron chi connectivity index (χ4n) is 2.63. The van der Waals surface area contributed by atoms with Gasteiger partial charge in [0.2, 0.25) is 0 Å². The zero-order chi connectivity index (χ0) is 23.8. The zero-order valence-electron chi connectivity index (χ0n) is 16.9. The summed E-state index contributed by atoms with van der Waals surface area (Å²) in [6.07, 6.45) is 1.47. The third kappa shape index (κ3) is 7.36. The molecule has 0 heterocycles. The van der Waals surface area contributed by atoms with E-state index in [-0.39, 0.29) is 18.1 Å². The lowest BCUT2D eigenvalue weighted by molar-refractivity contribution is -0.118. The van der Waals surface area contributed by atoms with Crippen LogP contribution in [0.1, 0.15) is 5.56 Å². The molecule has 0 radical (unpaired) electrons. The second-order valence-corrected chi connectivity index (χ2v) is 8.40. The van der Waals surface area contributed by atoms with Crippen molar-refractivity contribution in [3.8, 4) is 11.8 Å². The molecule has 9 heteroatoms. The van der Waals surface area contributed by atoms with Crippen LogP contribution in [0, 0.1) is 11.3 Å². The topological polar surface area (TPSA) is 91.2 Å². The first-order valence-corrected chi connectivity index (χ1v) is 11.1. The Morgan fingerprint density at radius 2 is 1.61 bits per heavy atom. The number of nitriles is 1. The predicted octanol–water partition coefficient (Wildman–Crippen LogP) is 6.32. The summed E-state index contributed by atoms with van der Waals surface area (Å²) < 4.78 is 6.36. The van der Waals surface area contributed by atoms with E-state index in [2.05, 4.69) is 26.6 Å². The van der Waals surface area contributed by atoms with Crippen LogP contribution in [0.15, 0.2) is 76.8 Å². The number of anilines is 2. The van der Waals surface area contributed by atoms with Crippen LogP contribution >= 0.6 is 39.1 Å². The highest BCUT2D eigenvalue weighted by Gasteiger charge is 2.10. The number of carbonyl (C=O) groups excluding carboxylic acids is 2. The van der Waals surface area contributed by atoms with Gasteiger partial charge in [0.1, 0.15) is 17.4 Å². The Bertz CT molecular complexity index is 1240. The van der Waals surface area contributed by atoms with Gasteiger partial charge in [-0.2, -0.15) is 5.26 Å². The molecule has 0 unspecified atom stereocenters. The Hall–Kier alpha value is -3.31. The average molecular weight is 545 g/mol. The van der Waals surface area contributed by atoms with Crippen LogP contribution in [-0.4, -0.2) is 18.4 Å². The molecule has 0 aliphatic carbocycles. The first kappa shape index (κ1) is 24.3. The standard InChI is InChI=1S/C24H16BrCl2N3O3/c25-17-3-5-18(6-4-17)30-24(32)16(13-28)11-15-1-8-20(9-2-15)33-14-23(31)29-19-7-10-21(26)22(27)12-19/h1-12H,14H2,(H,29,31)(H,30,32)/b16-11-. The molecule has 6 nitrogen and oxygen atoms in total. The van der Waals surface area contributed by atoms with Crippen LogP contribution in [0.3, 0.4) is 0 Å². The van der Waals surface area contributed by atoms with E-state index in [4.69, 9.17) is 27.9 Å². The third-order valence-corrected chi connectivity index (χ3v) is 5.50. The number of rotatable bonds is 7. The van der Waals surface area contributed by atoms with E-state index < -0.39 is 5.91 Å². The summed E-state index contributed by atoms with van der Waals surface area (Å²) in [4.78, 5) is 24.4. The highest BCUT2D eigenvalue weighted by molar-refractivity contribution is 9.10. The van der Waals surface area contributed by atoms with Gasteiger partial charge in [-0.15, -0.1) is 0 Å². The van der Waals surface area contributed by atoms with Gasteiger partial charge in [-0.1, -0.05) is 51.3 Å². The van der Waals surface area contributed by atoms with Crippen molar-refractivity contribution in [1.82, 2.24) is 0 Å². The van der Waals surface area contributed by atoms with Gasteiger partial charge in [-0.05, 0) is 66.2 Å². The summed E-state index contributed by atoms with van der Waals surface area (Å²) in [7, 11) is 0. The summed E-state index contributed by atoms with van der Waals surface area (Å²) in [5.74, 6) is -0.429. The number of nitrogens with zero attached hydrogens (tertiary/aromatic N) is 1. The minimum atomic E-state index is -0.515. The van der Waals surface area contributed by atoms with E-state index in [1.165, 1.54) is 6.08 Å². The molecule has 2 N–H and O–H groups in total. The minimum Gasteiger partial charge on any atom is -0.484 e. The van der Waals surface area contributed by atoms with Crippen molar-refractivity contribution in [3.63, 3.8) is 0 Å². The number of halogens is 3. The Kier molecular flexibility index (Phi) is 8.50. The second kappa shape index (κ2) is 11.5. The van der Waals surface area contributed by atoms with E-state index in [9.17, 15) is 14.9 Å². The fraction of sp³-hybridized carbons (Fsp3) is 0.0417. The van der Waals surface area contributed by atoms with Crippen molar-refractivity contribution >= 4 is 68.4 Å². The lowest BCUT2D eigenvalue weighted by Gasteiger charge is -2.08. The molecule has 0 atom stereocenters.